The van der Waals surface area contributed by atoms with Crippen molar-refractivity contribution in [3.8, 4) is 0 Å². The van der Waals surface area contributed by atoms with E-state index in [1.54, 1.807) is 30.8 Å². The Balaban J connectivity index is 2.08. The smallest absolute Gasteiger partial charge is 0.336 e. The van der Waals surface area contributed by atoms with Crippen LogP contribution in [0, 0.1) is 6.92 Å². The van der Waals surface area contributed by atoms with Gasteiger partial charge in [0.15, 0.2) is 0 Å². The van der Waals surface area contributed by atoms with Gasteiger partial charge < -0.3 is 15.7 Å². The Hall–Kier alpha value is -1.53. The predicted octanol–water partition coefficient (Wildman–Crippen LogP) is 1.34. The Morgan fingerprint density at radius 1 is 1.47 bits per heavy atom. The third-order valence-electron chi connectivity index (χ3n) is 2.97. The second-order valence-corrected chi connectivity index (χ2v) is 5.56. The molecule has 1 aliphatic rings. The number of thioether (sulfide) groups is 1. The second-order valence-electron chi connectivity index (χ2n) is 4.41. The molecule has 1 aromatic rings. The summed E-state index contributed by atoms with van der Waals surface area (Å²) in [4.78, 5) is 23.0. The third-order valence-corrected chi connectivity index (χ3v) is 4.04. The molecule has 1 aliphatic heterocycles. The first-order valence-corrected chi connectivity index (χ1v) is 7.19. The van der Waals surface area contributed by atoms with Crippen molar-refractivity contribution in [1.29, 1.82) is 0 Å². The van der Waals surface area contributed by atoms with Crippen molar-refractivity contribution in [3.63, 3.8) is 0 Å². The molecule has 3 N–H and O–H groups in total. The van der Waals surface area contributed by atoms with Crippen molar-refractivity contribution in [2.45, 2.75) is 13.0 Å². The van der Waals surface area contributed by atoms with Crippen LogP contribution in [0.2, 0.25) is 0 Å². The highest BCUT2D eigenvalue weighted by Gasteiger charge is 2.21. The Labute approximate surface area is 115 Å². The van der Waals surface area contributed by atoms with E-state index < -0.39 is 5.97 Å². The van der Waals surface area contributed by atoms with Gasteiger partial charge in [-0.3, -0.25) is 4.79 Å². The molecule has 1 fully saturated rings. The van der Waals surface area contributed by atoms with Gasteiger partial charge >= 0.3 is 5.97 Å². The number of carbonyl (C=O) groups excluding carboxylic acids is 1. The Morgan fingerprint density at radius 2 is 2.26 bits per heavy atom. The number of rotatable bonds is 3. The van der Waals surface area contributed by atoms with Crippen molar-refractivity contribution in [2.75, 3.05) is 23.4 Å². The molecule has 1 saturated heterocycles. The molecule has 19 heavy (non-hydrogen) atoms. The van der Waals surface area contributed by atoms with Gasteiger partial charge in [-0.1, -0.05) is 6.07 Å². The molecule has 1 heterocycles. The number of nitrogens with one attached hydrogen (secondary N) is 2. The van der Waals surface area contributed by atoms with Crippen molar-refractivity contribution in [1.82, 2.24) is 5.32 Å². The fraction of sp³-hybridized carbons (Fsp3) is 0.385. The second kappa shape index (κ2) is 6.08. The Morgan fingerprint density at radius 3 is 2.89 bits per heavy atom. The standard InChI is InChI=1S/C13H16N2O3S/c1-8-2-3-9(6-10(8)13(17)18)15-12(16)11-7-19-5-4-14-11/h2-3,6,11,14H,4-5,7H2,1H3,(H,15,16)(H,17,18). The van der Waals surface area contributed by atoms with Gasteiger partial charge in [-0.25, -0.2) is 4.79 Å². The van der Waals surface area contributed by atoms with E-state index in [4.69, 9.17) is 5.11 Å². The molecule has 1 unspecified atom stereocenters. The van der Waals surface area contributed by atoms with Crippen LogP contribution in [0.1, 0.15) is 15.9 Å². The summed E-state index contributed by atoms with van der Waals surface area (Å²) >= 11 is 1.73. The first-order valence-electron chi connectivity index (χ1n) is 6.04. The zero-order valence-corrected chi connectivity index (χ0v) is 11.4. The minimum absolute atomic E-state index is 0.118. The highest BCUT2D eigenvalue weighted by atomic mass is 32.2. The topological polar surface area (TPSA) is 78.4 Å². The van der Waals surface area contributed by atoms with Gasteiger partial charge in [0.1, 0.15) is 0 Å². The molecule has 0 aliphatic carbocycles. The van der Waals surface area contributed by atoms with Crippen molar-refractivity contribution < 1.29 is 14.7 Å². The molecule has 0 saturated carbocycles. The number of carbonyl (C=O) groups is 2. The fourth-order valence-electron chi connectivity index (χ4n) is 1.89. The van der Waals surface area contributed by atoms with E-state index in [0.717, 1.165) is 18.1 Å². The van der Waals surface area contributed by atoms with E-state index in [1.807, 2.05) is 0 Å². The maximum Gasteiger partial charge on any atom is 0.336 e. The number of amides is 1. The number of benzene rings is 1. The summed E-state index contributed by atoms with van der Waals surface area (Å²) in [5, 5.41) is 14.9. The number of hydrogen-bond acceptors (Lipinski definition) is 4. The predicted molar refractivity (Wildman–Crippen MR) is 75.9 cm³/mol. The lowest BCUT2D eigenvalue weighted by Crippen LogP contribution is -2.46. The Bertz CT molecular complexity index is 499. The van der Waals surface area contributed by atoms with Gasteiger partial charge in [0.2, 0.25) is 5.91 Å². The zero-order chi connectivity index (χ0) is 13.8. The quantitative estimate of drug-likeness (QED) is 0.778. The lowest BCUT2D eigenvalue weighted by molar-refractivity contribution is -0.117. The molecule has 102 valence electrons. The van der Waals surface area contributed by atoms with Crippen LogP contribution in [0.5, 0.6) is 0 Å². The van der Waals surface area contributed by atoms with Crippen molar-refractivity contribution in [2.24, 2.45) is 0 Å². The van der Waals surface area contributed by atoms with Gasteiger partial charge in [-0.15, -0.1) is 0 Å². The van der Waals surface area contributed by atoms with Crippen LogP contribution in [0.25, 0.3) is 0 Å². The average molecular weight is 280 g/mol. The minimum atomic E-state index is -0.986. The van der Waals surface area contributed by atoms with Gasteiger partial charge in [-0.2, -0.15) is 11.8 Å². The molecule has 6 heteroatoms. The van der Waals surface area contributed by atoms with E-state index in [9.17, 15) is 9.59 Å². The van der Waals surface area contributed by atoms with E-state index in [-0.39, 0.29) is 17.5 Å². The van der Waals surface area contributed by atoms with Crippen LogP contribution in [-0.2, 0) is 4.79 Å². The highest BCUT2D eigenvalue weighted by Crippen LogP contribution is 2.16. The summed E-state index contributed by atoms with van der Waals surface area (Å²) in [5.74, 6) is 0.647. The van der Waals surface area contributed by atoms with Crippen molar-refractivity contribution in [3.05, 3.63) is 29.3 Å². The summed E-state index contributed by atoms with van der Waals surface area (Å²) in [6, 6.07) is 4.69. The summed E-state index contributed by atoms with van der Waals surface area (Å²) in [7, 11) is 0. The number of aromatic carboxylic acids is 1. The number of hydrogen-bond donors (Lipinski definition) is 3. The van der Waals surface area contributed by atoms with Crippen LogP contribution in [-0.4, -0.2) is 41.1 Å². The average Bonchev–Trinajstić information content (AvgIpc) is 2.41. The maximum atomic E-state index is 12.0. The monoisotopic (exact) mass is 280 g/mol. The fourth-order valence-corrected chi connectivity index (χ4v) is 2.83. The summed E-state index contributed by atoms with van der Waals surface area (Å²) in [6.45, 7) is 2.55. The normalized spacial score (nSPS) is 18.9. The van der Waals surface area contributed by atoms with Gasteiger partial charge in [0, 0.05) is 23.7 Å². The van der Waals surface area contributed by atoms with Crippen LogP contribution in [0.15, 0.2) is 18.2 Å². The third kappa shape index (κ3) is 3.48. The van der Waals surface area contributed by atoms with E-state index in [1.165, 1.54) is 6.07 Å². The SMILES string of the molecule is Cc1ccc(NC(=O)C2CSCCN2)cc1C(=O)O. The summed E-state index contributed by atoms with van der Waals surface area (Å²) in [5.41, 5.74) is 1.41. The highest BCUT2D eigenvalue weighted by molar-refractivity contribution is 7.99. The molecule has 0 bridgehead atoms. The molecule has 1 amide bonds. The van der Waals surface area contributed by atoms with Gasteiger partial charge in [0.05, 0.1) is 11.6 Å². The van der Waals surface area contributed by atoms with Crippen molar-refractivity contribution >= 4 is 29.3 Å². The van der Waals surface area contributed by atoms with Crippen LogP contribution < -0.4 is 10.6 Å². The molecule has 0 aromatic heterocycles. The van der Waals surface area contributed by atoms with Crippen LogP contribution >= 0.6 is 11.8 Å². The van der Waals surface area contributed by atoms with Gasteiger partial charge in [0.25, 0.3) is 0 Å². The molecule has 0 radical (unpaired) electrons. The number of carboxylic acid groups (broad SMARTS) is 1. The zero-order valence-electron chi connectivity index (χ0n) is 10.6. The summed E-state index contributed by atoms with van der Waals surface area (Å²) in [6.07, 6.45) is 0. The van der Waals surface area contributed by atoms with Gasteiger partial charge in [-0.05, 0) is 24.6 Å². The first-order chi connectivity index (χ1) is 9.08. The number of anilines is 1. The molecular weight excluding hydrogens is 264 g/mol. The Kier molecular flexibility index (Phi) is 4.44. The van der Waals surface area contributed by atoms with E-state index >= 15 is 0 Å². The molecular formula is C13H16N2O3S. The molecule has 1 atom stereocenters. The number of aryl methyl sites for hydroxylation is 1. The minimum Gasteiger partial charge on any atom is -0.478 e. The van der Waals surface area contributed by atoms with E-state index in [0.29, 0.717) is 11.3 Å². The van der Waals surface area contributed by atoms with Crippen LogP contribution in [0.3, 0.4) is 0 Å². The van der Waals surface area contributed by atoms with Crippen LogP contribution in [0.4, 0.5) is 5.69 Å². The molecule has 1 aromatic carbocycles. The lowest BCUT2D eigenvalue weighted by atomic mass is 10.1. The van der Waals surface area contributed by atoms with E-state index in [2.05, 4.69) is 10.6 Å². The molecule has 2 rings (SSSR count). The first kappa shape index (κ1) is 13.9. The maximum absolute atomic E-state index is 12.0. The molecule has 0 spiro atoms. The lowest BCUT2D eigenvalue weighted by Gasteiger charge is -2.22. The number of carboxylic acids is 1. The largest absolute Gasteiger partial charge is 0.478 e. The summed E-state index contributed by atoms with van der Waals surface area (Å²) < 4.78 is 0. The molecule has 5 nitrogen and oxygen atoms in total.